The lowest BCUT2D eigenvalue weighted by Crippen LogP contribution is -2.51. The fourth-order valence-electron chi connectivity index (χ4n) is 3.25. The lowest BCUT2D eigenvalue weighted by atomic mass is 9.97. The highest BCUT2D eigenvalue weighted by molar-refractivity contribution is 7.91. The fraction of sp³-hybridized carbons (Fsp3) is 0.684. The predicted octanol–water partition coefficient (Wildman–Crippen LogP) is 2.52. The van der Waals surface area contributed by atoms with Gasteiger partial charge in [0.05, 0.1) is 6.04 Å². The number of rotatable bonds is 6. The molecule has 2 amide bonds. The van der Waals surface area contributed by atoms with Gasteiger partial charge in [0.2, 0.25) is 5.91 Å². The van der Waals surface area contributed by atoms with Crippen LogP contribution in [0.25, 0.3) is 0 Å². The zero-order valence-corrected chi connectivity index (χ0v) is 19.3. The van der Waals surface area contributed by atoms with Crippen molar-refractivity contribution < 1.29 is 22.7 Å². The lowest BCUT2D eigenvalue weighted by molar-refractivity contribution is -0.134. The van der Waals surface area contributed by atoms with Crippen LogP contribution in [0.4, 0.5) is 4.79 Å². The van der Waals surface area contributed by atoms with Gasteiger partial charge in [0, 0.05) is 26.7 Å². The number of carbonyl (C=O) groups is 2. The van der Waals surface area contributed by atoms with Crippen molar-refractivity contribution in [2.24, 2.45) is 5.92 Å². The standard InChI is InChI=1S/C19H31N3O5S2/c1-14(20-29(25,26)16-9-7-11-28-16)17(23)22-10-6-8-15(13-22)12-21(5)18(24)27-19(2,3)4/h7,9,11,14-15,20H,6,8,10,12-13H2,1-5H3. The summed E-state index contributed by atoms with van der Waals surface area (Å²) in [5.74, 6) is -0.138. The summed E-state index contributed by atoms with van der Waals surface area (Å²) in [6, 6.07) is 2.31. The summed E-state index contributed by atoms with van der Waals surface area (Å²) in [6.07, 6.45) is 1.31. The molecule has 1 aliphatic heterocycles. The Morgan fingerprint density at radius 1 is 1.41 bits per heavy atom. The lowest BCUT2D eigenvalue weighted by Gasteiger charge is -2.36. The van der Waals surface area contributed by atoms with Gasteiger partial charge in [0.1, 0.15) is 9.81 Å². The monoisotopic (exact) mass is 445 g/mol. The molecule has 1 aromatic heterocycles. The summed E-state index contributed by atoms with van der Waals surface area (Å²) < 4.78 is 32.7. The van der Waals surface area contributed by atoms with Crippen molar-refractivity contribution in [1.29, 1.82) is 0 Å². The van der Waals surface area contributed by atoms with Crippen molar-refractivity contribution >= 4 is 33.4 Å². The van der Waals surface area contributed by atoms with E-state index in [2.05, 4.69) is 4.72 Å². The van der Waals surface area contributed by atoms with Crippen molar-refractivity contribution in [2.75, 3.05) is 26.7 Å². The molecule has 1 saturated heterocycles. The maximum Gasteiger partial charge on any atom is 0.410 e. The number of carbonyl (C=O) groups excluding carboxylic acids is 2. The van der Waals surface area contributed by atoms with Crippen LogP contribution in [0.15, 0.2) is 21.7 Å². The van der Waals surface area contributed by atoms with Gasteiger partial charge >= 0.3 is 6.09 Å². The molecule has 0 bridgehead atoms. The Labute approximate surface area is 177 Å². The molecule has 0 aromatic carbocycles. The molecule has 0 radical (unpaired) electrons. The van der Waals surface area contributed by atoms with E-state index in [1.165, 1.54) is 11.0 Å². The summed E-state index contributed by atoms with van der Waals surface area (Å²) in [6.45, 7) is 8.56. The number of sulfonamides is 1. The summed E-state index contributed by atoms with van der Waals surface area (Å²) >= 11 is 1.11. The number of nitrogens with one attached hydrogen (secondary N) is 1. The molecule has 1 aliphatic rings. The maximum absolute atomic E-state index is 12.8. The zero-order chi connectivity index (χ0) is 21.8. The number of ether oxygens (including phenoxy) is 1. The van der Waals surface area contributed by atoms with E-state index >= 15 is 0 Å². The van der Waals surface area contributed by atoms with Gasteiger partial charge < -0.3 is 14.5 Å². The summed E-state index contributed by atoms with van der Waals surface area (Å²) in [4.78, 5) is 28.2. The van der Waals surface area contributed by atoms with E-state index in [1.54, 1.807) is 30.3 Å². The second-order valence-corrected chi connectivity index (χ2v) is 11.3. The van der Waals surface area contributed by atoms with Gasteiger partial charge in [-0.1, -0.05) is 6.07 Å². The van der Waals surface area contributed by atoms with Gasteiger partial charge in [0.15, 0.2) is 0 Å². The zero-order valence-electron chi connectivity index (χ0n) is 17.7. The van der Waals surface area contributed by atoms with Gasteiger partial charge in [-0.05, 0) is 57.9 Å². The molecule has 2 rings (SSSR count). The number of piperidine rings is 1. The molecule has 1 aromatic rings. The van der Waals surface area contributed by atoms with Crippen molar-refractivity contribution in [1.82, 2.24) is 14.5 Å². The highest BCUT2D eigenvalue weighted by atomic mass is 32.2. The highest BCUT2D eigenvalue weighted by Crippen LogP contribution is 2.20. The predicted molar refractivity (Wildman–Crippen MR) is 112 cm³/mol. The third-order valence-corrected chi connectivity index (χ3v) is 7.47. The highest BCUT2D eigenvalue weighted by Gasteiger charge is 2.31. The SMILES string of the molecule is CC(NS(=O)(=O)c1cccs1)C(=O)N1CCCC(CN(C)C(=O)OC(C)(C)C)C1. The quantitative estimate of drug-likeness (QED) is 0.726. The van der Waals surface area contributed by atoms with Crippen LogP contribution in [0.2, 0.25) is 0 Å². The Hall–Kier alpha value is -1.65. The fourth-order valence-corrected chi connectivity index (χ4v) is 5.45. The van der Waals surface area contributed by atoms with Crippen molar-refractivity contribution in [3.05, 3.63) is 17.5 Å². The smallest absolute Gasteiger partial charge is 0.410 e. The first-order valence-corrected chi connectivity index (χ1v) is 12.0. The number of hydrogen-bond acceptors (Lipinski definition) is 6. The molecular weight excluding hydrogens is 414 g/mol. The molecule has 0 saturated carbocycles. The second kappa shape index (κ2) is 9.44. The number of likely N-dealkylation sites (tertiary alicyclic amines) is 1. The Balaban J connectivity index is 1.92. The third-order valence-electron chi connectivity index (χ3n) is 4.53. The minimum atomic E-state index is -3.71. The van der Waals surface area contributed by atoms with Crippen LogP contribution in [0.3, 0.4) is 0 Å². The van der Waals surface area contributed by atoms with Crippen LogP contribution in [0.5, 0.6) is 0 Å². The Kier molecular flexibility index (Phi) is 7.69. The molecule has 2 heterocycles. The van der Waals surface area contributed by atoms with E-state index in [9.17, 15) is 18.0 Å². The Morgan fingerprint density at radius 2 is 2.10 bits per heavy atom. The molecule has 0 aliphatic carbocycles. The van der Waals surface area contributed by atoms with E-state index in [0.29, 0.717) is 19.6 Å². The molecule has 1 fully saturated rings. The molecule has 29 heavy (non-hydrogen) atoms. The van der Waals surface area contributed by atoms with Crippen LogP contribution in [-0.2, 0) is 19.6 Å². The van der Waals surface area contributed by atoms with Crippen LogP contribution in [0.1, 0.15) is 40.5 Å². The van der Waals surface area contributed by atoms with Crippen molar-refractivity contribution in [3.8, 4) is 0 Å². The van der Waals surface area contributed by atoms with Gasteiger partial charge in [-0.25, -0.2) is 13.2 Å². The first kappa shape index (κ1) is 23.6. The molecular formula is C19H31N3O5S2. The maximum atomic E-state index is 12.8. The van der Waals surface area contributed by atoms with E-state index in [4.69, 9.17) is 4.74 Å². The number of nitrogens with zero attached hydrogens (tertiary/aromatic N) is 2. The molecule has 10 heteroatoms. The number of thiophene rings is 1. The van der Waals surface area contributed by atoms with Gasteiger partial charge in [0.25, 0.3) is 10.0 Å². The summed E-state index contributed by atoms with van der Waals surface area (Å²) in [5.41, 5.74) is -0.560. The first-order chi connectivity index (χ1) is 13.4. The molecule has 0 spiro atoms. The minimum Gasteiger partial charge on any atom is -0.444 e. The topological polar surface area (TPSA) is 96.0 Å². The average Bonchev–Trinajstić information content (AvgIpc) is 3.15. The van der Waals surface area contributed by atoms with E-state index < -0.39 is 27.8 Å². The summed E-state index contributed by atoms with van der Waals surface area (Å²) in [5, 5.41) is 1.68. The minimum absolute atomic E-state index is 0.117. The van der Waals surface area contributed by atoms with Gasteiger partial charge in [-0.15, -0.1) is 11.3 Å². The molecule has 164 valence electrons. The van der Waals surface area contributed by atoms with Crippen LogP contribution >= 0.6 is 11.3 Å². The van der Waals surface area contributed by atoms with Gasteiger partial charge in [-0.2, -0.15) is 4.72 Å². The van der Waals surface area contributed by atoms with Crippen LogP contribution in [0, 0.1) is 5.92 Å². The van der Waals surface area contributed by atoms with Crippen LogP contribution < -0.4 is 4.72 Å². The van der Waals surface area contributed by atoms with Gasteiger partial charge in [-0.3, -0.25) is 4.79 Å². The van der Waals surface area contributed by atoms with E-state index in [0.717, 1.165) is 24.2 Å². The second-order valence-electron chi connectivity index (χ2n) is 8.43. The summed E-state index contributed by atoms with van der Waals surface area (Å²) in [7, 11) is -2.02. The van der Waals surface area contributed by atoms with E-state index in [-0.39, 0.29) is 16.0 Å². The molecule has 8 nitrogen and oxygen atoms in total. The Bertz CT molecular complexity index is 802. The molecule has 1 N–H and O–H groups in total. The Morgan fingerprint density at radius 3 is 2.69 bits per heavy atom. The molecule has 2 atom stereocenters. The van der Waals surface area contributed by atoms with Crippen molar-refractivity contribution in [3.63, 3.8) is 0 Å². The van der Waals surface area contributed by atoms with E-state index in [1.807, 2.05) is 20.8 Å². The first-order valence-electron chi connectivity index (χ1n) is 9.68. The van der Waals surface area contributed by atoms with Crippen molar-refractivity contribution in [2.45, 2.75) is 56.4 Å². The largest absolute Gasteiger partial charge is 0.444 e. The third kappa shape index (κ3) is 6.97. The normalized spacial score (nSPS) is 18.9. The average molecular weight is 446 g/mol. The number of amides is 2. The molecule has 2 unspecified atom stereocenters. The number of hydrogen-bond donors (Lipinski definition) is 1. The van der Waals surface area contributed by atoms with Crippen LogP contribution in [-0.4, -0.2) is 68.5 Å².